The van der Waals surface area contributed by atoms with Gasteiger partial charge in [0.2, 0.25) is 0 Å². The maximum absolute atomic E-state index is 5.77. The number of hydrogen-bond donors (Lipinski definition) is 1. The van der Waals surface area contributed by atoms with Crippen molar-refractivity contribution in [3.8, 4) is 0 Å². The molecule has 1 aliphatic heterocycles. The maximum Gasteiger partial charge on any atom is 0.187 e. The third kappa shape index (κ3) is 3.86. The van der Waals surface area contributed by atoms with Gasteiger partial charge in [-0.25, -0.2) is 0 Å². The van der Waals surface area contributed by atoms with Crippen molar-refractivity contribution in [2.45, 2.75) is 46.3 Å². The highest BCUT2D eigenvalue weighted by Crippen LogP contribution is 2.12. The van der Waals surface area contributed by atoms with Crippen LogP contribution in [0.15, 0.2) is 24.1 Å². The molecule has 2 nitrogen and oxygen atoms in total. The first-order valence-electron chi connectivity index (χ1n) is 5.39. The Balaban J connectivity index is 2.36. The van der Waals surface area contributed by atoms with Crippen LogP contribution in [0.4, 0.5) is 0 Å². The Bertz CT molecular complexity index is 230. The highest BCUT2D eigenvalue weighted by Gasteiger charge is 2.10. The molecule has 0 aromatic rings. The lowest BCUT2D eigenvalue weighted by atomic mass is 10.1. The predicted molar refractivity (Wildman–Crippen MR) is 59.8 cm³/mol. The highest BCUT2D eigenvalue weighted by atomic mass is 16.5. The first kappa shape index (κ1) is 11.2. The Morgan fingerprint density at radius 3 is 2.71 bits per heavy atom. The van der Waals surface area contributed by atoms with E-state index in [0.29, 0.717) is 12.0 Å². The number of hydrogen-bond acceptors (Lipinski definition) is 2. The van der Waals surface area contributed by atoms with Crippen molar-refractivity contribution in [2.75, 3.05) is 0 Å². The minimum atomic E-state index is 0.285. The first-order chi connectivity index (χ1) is 6.58. The van der Waals surface area contributed by atoms with Crippen molar-refractivity contribution in [1.29, 1.82) is 0 Å². The van der Waals surface area contributed by atoms with E-state index < -0.39 is 0 Å². The van der Waals surface area contributed by atoms with E-state index in [1.807, 2.05) is 12.2 Å². The van der Waals surface area contributed by atoms with Crippen molar-refractivity contribution in [3.63, 3.8) is 0 Å². The van der Waals surface area contributed by atoms with Crippen LogP contribution in [0, 0.1) is 5.92 Å². The summed E-state index contributed by atoms with van der Waals surface area (Å²) in [7, 11) is 0. The number of nitrogens with one attached hydrogen (secondary N) is 1. The van der Waals surface area contributed by atoms with E-state index in [0.717, 1.165) is 12.3 Å². The smallest absolute Gasteiger partial charge is 0.187 e. The molecule has 0 spiro atoms. The summed E-state index contributed by atoms with van der Waals surface area (Å²) in [6, 6.07) is 0.376. The lowest BCUT2D eigenvalue weighted by Crippen LogP contribution is -2.29. The molecule has 0 saturated heterocycles. The molecule has 0 aromatic heterocycles. The molecule has 0 aromatic carbocycles. The van der Waals surface area contributed by atoms with E-state index in [-0.39, 0.29) is 6.10 Å². The average Bonchev–Trinajstić information content (AvgIpc) is 2.01. The van der Waals surface area contributed by atoms with Crippen LogP contribution < -0.4 is 5.32 Å². The second-order valence-electron chi connectivity index (χ2n) is 4.41. The van der Waals surface area contributed by atoms with Crippen molar-refractivity contribution in [3.05, 3.63) is 24.1 Å². The molecule has 0 radical (unpaired) electrons. The van der Waals surface area contributed by atoms with Crippen LogP contribution in [-0.2, 0) is 4.74 Å². The van der Waals surface area contributed by atoms with Crippen LogP contribution in [0.1, 0.15) is 34.1 Å². The summed E-state index contributed by atoms with van der Waals surface area (Å²) in [5.41, 5.74) is 0. The van der Waals surface area contributed by atoms with E-state index in [9.17, 15) is 0 Å². The average molecular weight is 195 g/mol. The molecule has 1 aliphatic rings. The summed E-state index contributed by atoms with van der Waals surface area (Å²) in [5.74, 6) is 1.58. The van der Waals surface area contributed by atoms with Gasteiger partial charge in [-0.1, -0.05) is 26.0 Å². The predicted octanol–water partition coefficient (Wildman–Crippen LogP) is 2.83. The number of allylic oxidation sites excluding steroid dienone is 2. The van der Waals surface area contributed by atoms with E-state index in [2.05, 4.69) is 39.1 Å². The zero-order valence-electron chi connectivity index (χ0n) is 9.58. The fourth-order valence-corrected chi connectivity index (χ4v) is 1.63. The van der Waals surface area contributed by atoms with E-state index in [4.69, 9.17) is 4.74 Å². The Labute approximate surface area is 87.0 Å². The van der Waals surface area contributed by atoms with Gasteiger partial charge in [-0.05, 0) is 32.3 Å². The van der Waals surface area contributed by atoms with Gasteiger partial charge in [-0.15, -0.1) is 0 Å². The van der Waals surface area contributed by atoms with Crippen molar-refractivity contribution < 1.29 is 4.74 Å². The molecule has 0 unspecified atom stereocenters. The molecule has 1 N–H and O–H groups in total. The molecule has 0 fully saturated rings. The van der Waals surface area contributed by atoms with Gasteiger partial charge in [0.25, 0.3) is 0 Å². The second kappa shape index (κ2) is 5.08. The van der Waals surface area contributed by atoms with Gasteiger partial charge in [0.05, 0.1) is 6.10 Å². The Morgan fingerprint density at radius 2 is 2.14 bits per heavy atom. The zero-order chi connectivity index (χ0) is 10.6. The summed E-state index contributed by atoms with van der Waals surface area (Å²) < 4.78 is 5.77. The van der Waals surface area contributed by atoms with Gasteiger partial charge < -0.3 is 10.1 Å². The molecular weight excluding hydrogens is 174 g/mol. The van der Waals surface area contributed by atoms with Gasteiger partial charge in [0.1, 0.15) is 0 Å². The van der Waals surface area contributed by atoms with Crippen molar-refractivity contribution >= 4 is 0 Å². The minimum Gasteiger partial charge on any atom is -0.476 e. The fourth-order valence-electron chi connectivity index (χ4n) is 1.63. The van der Waals surface area contributed by atoms with Crippen molar-refractivity contribution in [2.24, 2.45) is 5.92 Å². The van der Waals surface area contributed by atoms with Crippen LogP contribution in [-0.4, -0.2) is 12.1 Å². The summed E-state index contributed by atoms with van der Waals surface area (Å²) in [6.45, 7) is 8.65. The third-order valence-corrected chi connectivity index (χ3v) is 2.15. The molecule has 0 aliphatic carbocycles. The van der Waals surface area contributed by atoms with Gasteiger partial charge in [0.15, 0.2) is 5.88 Å². The van der Waals surface area contributed by atoms with Gasteiger partial charge >= 0.3 is 0 Å². The fraction of sp³-hybridized carbons (Fsp3) is 0.667. The number of rotatable bonds is 4. The summed E-state index contributed by atoms with van der Waals surface area (Å²) >= 11 is 0. The molecule has 0 bridgehead atoms. The topological polar surface area (TPSA) is 21.3 Å². The number of ether oxygens (including phenoxy) is 1. The molecule has 2 atom stereocenters. The Morgan fingerprint density at radius 1 is 1.43 bits per heavy atom. The van der Waals surface area contributed by atoms with E-state index >= 15 is 0 Å². The van der Waals surface area contributed by atoms with Gasteiger partial charge in [-0.3, -0.25) is 0 Å². The van der Waals surface area contributed by atoms with Crippen LogP contribution in [0.3, 0.4) is 0 Å². The molecule has 14 heavy (non-hydrogen) atoms. The summed E-state index contributed by atoms with van der Waals surface area (Å²) in [5, 5.41) is 3.27. The lowest BCUT2D eigenvalue weighted by molar-refractivity contribution is 0.0957. The lowest BCUT2D eigenvalue weighted by Gasteiger charge is -2.23. The molecule has 0 amide bonds. The normalized spacial score (nSPS) is 22.9. The SMILES string of the molecule is CC(C)C[C@H](C)OC1=CC=C[C@H](C)N1. The van der Waals surface area contributed by atoms with Crippen LogP contribution in [0.5, 0.6) is 0 Å². The Kier molecular flexibility index (Phi) is 4.05. The third-order valence-electron chi connectivity index (χ3n) is 2.15. The van der Waals surface area contributed by atoms with Gasteiger partial charge in [-0.2, -0.15) is 0 Å². The van der Waals surface area contributed by atoms with Crippen LogP contribution >= 0.6 is 0 Å². The van der Waals surface area contributed by atoms with Crippen LogP contribution in [0.2, 0.25) is 0 Å². The molecule has 0 saturated carbocycles. The van der Waals surface area contributed by atoms with Crippen molar-refractivity contribution in [1.82, 2.24) is 5.32 Å². The minimum absolute atomic E-state index is 0.285. The first-order valence-corrected chi connectivity index (χ1v) is 5.39. The highest BCUT2D eigenvalue weighted by molar-refractivity contribution is 5.15. The zero-order valence-corrected chi connectivity index (χ0v) is 9.58. The number of dihydropyridines is 1. The molecular formula is C12H21NO. The van der Waals surface area contributed by atoms with E-state index in [1.165, 1.54) is 0 Å². The molecule has 1 rings (SSSR count). The Hall–Kier alpha value is -0.920. The quantitative estimate of drug-likeness (QED) is 0.744. The molecule has 2 heteroatoms. The van der Waals surface area contributed by atoms with E-state index in [1.54, 1.807) is 0 Å². The summed E-state index contributed by atoms with van der Waals surface area (Å²) in [4.78, 5) is 0. The van der Waals surface area contributed by atoms with Crippen LogP contribution in [0.25, 0.3) is 0 Å². The second-order valence-corrected chi connectivity index (χ2v) is 4.41. The van der Waals surface area contributed by atoms with Gasteiger partial charge in [0, 0.05) is 6.04 Å². The molecule has 1 heterocycles. The molecule has 80 valence electrons. The maximum atomic E-state index is 5.77. The summed E-state index contributed by atoms with van der Waals surface area (Å²) in [6.07, 6.45) is 7.51. The standard InChI is InChI=1S/C12H21NO/c1-9(2)8-11(4)14-12-7-5-6-10(3)13-12/h5-7,9-11,13H,8H2,1-4H3/t10-,11-/m0/s1. The monoisotopic (exact) mass is 195 g/mol. The largest absolute Gasteiger partial charge is 0.476 e.